The van der Waals surface area contributed by atoms with Gasteiger partial charge >= 0.3 is 5.97 Å². The molecule has 0 aliphatic carbocycles. The third-order valence-electron chi connectivity index (χ3n) is 8.77. The number of fused-ring (bicyclic) bond motifs is 4. The second kappa shape index (κ2) is 10.6. The van der Waals surface area contributed by atoms with Crippen molar-refractivity contribution >= 4 is 33.7 Å². The number of rotatable bonds is 7. The van der Waals surface area contributed by atoms with Crippen LogP contribution < -0.4 is 0 Å². The molecule has 2 aliphatic rings. The zero-order valence-corrected chi connectivity index (χ0v) is 23.5. The second-order valence-corrected chi connectivity index (χ2v) is 11.2. The van der Waals surface area contributed by atoms with Gasteiger partial charge in [0.05, 0.1) is 29.4 Å². The molecular weight excluding hydrogens is 486 g/mol. The molecule has 0 radical (unpaired) electrons. The number of carbonyl (C=O) groups is 2. The van der Waals surface area contributed by atoms with E-state index in [1.165, 1.54) is 29.3 Å². The minimum absolute atomic E-state index is 0.158. The molecule has 0 unspecified atom stereocenters. The summed E-state index contributed by atoms with van der Waals surface area (Å²) in [6.07, 6.45) is 9.70. The van der Waals surface area contributed by atoms with Gasteiger partial charge in [-0.15, -0.1) is 0 Å². The number of carbonyl (C=O) groups excluding carboxylic acids is 2. The number of hydrogen-bond donors (Lipinski definition) is 0. The molecule has 2 aromatic carbocycles. The summed E-state index contributed by atoms with van der Waals surface area (Å²) in [5, 5.41) is 2.28. The summed E-state index contributed by atoms with van der Waals surface area (Å²) >= 11 is 0. The normalized spacial score (nSPS) is 15.1. The smallest absolute Gasteiger partial charge is 0.337 e. The lowest BCUT2D eigenvalue weighted by atomic mass is 9.86. The van der Waals surface area contributed by atoms with Gasteiger partial charge in [0, 0.05) is 54.2 Å². The number of aryl methyl sites for hydroxylation is 2. The highest BCUT2D eigenvalue weighted by molar-refractivity contribution is 6.11. The topological polar surface area (TPSA) is 56.5 Å². The summed E-state index contributed by atoms with van der Waals surface area (Å²) in [5.41, 5.74) is 7.50. The van der Waals surface area contributed by atoms with Crippen LogP contribution in [-0.2, 0) is 17.8 Å². The molecule has 1 saturated heterocycles. The largest absolute Gasteiger partial charge is 0.465 e. The van der Waals surface area contributed by atoms with Crippen LogP contribution in [0.5, 0.6) is 0 Å². The zero-order chi connectivity index (χ0) is 27.1. The van der Waals surface area contributed by atoms with Gasteiger partial charge in [-0.1, -0.05) is 51.0 Å². The summed E-state index contributed by atoms with van der Waals surface area (Å²) in [6, 6.07) is 12.5. The quantitative estimate of drug-likeness (QED) is 0.237. The van der Waals surface area contributed by atoms with E-state index in [9.17, 15) is 9.59 Å². The van der Waals surface area contributed by atoms with Crippen molar-refractivity contribution in [1.29, 1.82) is 0 Å². The number of aromatic nitrogens is 2. The first kappa shape index (κ1) is 25.7. The molecule has 204 valence electrons. The Morgan fingerprint density at radius 2 is 1.69 bits per heavy atom. The lowest BCUT2D eigenvalue weighted by molar-refractivity contribution is 0.0600. The Labute approximate surface area is 230 Å². The highest BCUT2D eigenvalue weighted by Gasteiger charge is 2.30. The predicted octanol–water partition coefficient (Wildman–Crippen LogP) is 7.37. The highest BCUT2D eigenvalue weighted by Crippen LogP contribution is 2.45. The number of esters is 1. The molecule has 4 heterocycles. The van der Waals surface area contributed by atoms with Gasteiger partial charge in [0.15, 0.2) is 0 Å². The van der Waals surface area contributed by atoms with Gasteiger partial charge in [-0.3, -0.25) is 4.79 Å². The standard InChI is InChI=1S/C33H39N3O3/c1-4-10-22(11-5-2)29-25-15-14-23(33(38)39-3)20-28(25)36-19-9-18-35-21-27(32(37)34-16-6-7-17-34)24-12-8-13-26(30(24)35)31(29)36/h8,12-15,20-22H,4-7,9-11,16-19H2,1-3H3. The minimum atomic E-state index is -0.306. The molecule has 0 saturated carbocycles. The molecule has 0 spiro atoms. The number of ether oxygens (including phenoxy) is 1. The lowest BCUT2D eigenvalue weighted by Crippen LogP contribution is -2.27. The van der Waals surface area contributed by atoms with E-state index in [2.05, 4.69) is 53.4 Å². The number of methoxy groups -OCH3 is 1. The molecule has 0 atom stereocenters. The zero-order valence-electron chi connectivity index (χ0n) is 23.5. The van der Waals surface area contributed by atoms with Gasteiger partial charge in [-0.25, -0.2) is 4.79 Å². The van der Waals surface area contributed by atoms with Gasteiger partial charge in [0.25, 0.3) is 5.91 Å². The number of hydrogen-bond acceptors (Lipinski definition) is 3. The summed E-state index contributed by atoms with van der Waals surface area (Å²) in [5.74, 6) is 0.275. The van der Waals surface area contributed by atoms with E-state index in [0.29, 0.717) is 11.5 Å². The Hall–Kier alpha value is -3.54. The van der Waals surface area contributed by atoms with Gasteiger partial charge in [-0.05, 0) is 55.7 Å². The van der Waals surface area contributed by atoms with Gasteiger partial charge in [0.1, 0.15) is 0 Å². The summed E-state index contributed by atoms with van der Waals surface area (Å²) in [4.78, 5) is 28.1. The fraction of sp³-hybridized carbons (Fsp3) is 0.455. The number of amides is 1. The maximum absolute atomic E-state index is 13.6. The van der Waals surface area contributed by atoms with Crippen LogP contribution in [-0.4, -0.2) is 46.1 Å². The Kier molecular flexibility index (Phi) is 6.96. The Morgan fingerprint density at radius 3 is 2.41 bits per heavy atom. The number of benzene rings is 2. The number of likely N-dealkylation sites (tertiary alicyclic amines) is 1. The van der Waals surface area contributed by atoms with Crippen molar-refractivity contribution in [2.45, 2.75) is 77.8 Å². The molecule has 6 rings (SSSR count). The number of para-hydroxylation sites is 1. The van der Waals surface area contributed by atoms with Crippen LogP contribution in [0.15, 0.2) is 42.6 Å². The van der Waals surface area contributed by atoms with Crippen molar-refractivity contribution < 1.29 is 14.3 Å². The first-order valence-corrected chi connectivity index (χ1v) is 14.7. The van der Waals surface area contributed by atoms with E-state index in [1.807, 2.05) is 17.0 Å². The Morgan fingerprint density at radius 1 is 0.923 bits per heavy atom. The van der Waals surface area contributed by atoms with Crippen molar-refractivity contribution in [2.75, 3.05) is 20.2 Å². The molecule has 0 N–H and O–H groups in total. The summed E-state index contributed by atoms with van der Waals surface area (Å²) in [7, 11) is 1.44. The van der Waals surface area contributed by atoms with Gasteiger partial charge in [-0.2, -0.15) is 0 Å². The summed E-state index contributed by atoms with van der Waals surface area (Å²) < 4.78 is 9.85. The third kappa shape index (κ3) is 4.25. The second-order valence-electron chi connectivity index (χ2n) is 11.2. The van der Waals surface area contributed by atoms with Crippen molar-refractivity contribution in [2.24, 2.45) is 0 Å². The average Bonchev–Trinajstić information content (AvgIpc) is 3.68. The molecule has 2 aliphatic heterocycles. The molecule has 6 heteroatoms. The van der Waals surface area contributed by atoms with Gasteiger partial charge < -0.3 is 18.8 Å². The fourth-order valence-electron chi connectivity index (χ4n) is 7.07. The van der Waals surface area contributed by atoms with E-state index >= 15 is 0 Å². The van der Waals surface area contributed by atoms with Gasteiger partial charge in [0.2, 0.25) is 0 Å². The maximum Gasteiger partial charge on any atom is 0.337 e. The Balaban J connectivity index is 1.65. The van der Waals surface area contributed by atoms with Crippen LogP contribution >= 0.6 is 0 Å². The molecule has 39 heavy (non-hydrogen) atoms. The van der Waals surface area contributed by atoms with Crippen molar-refractivity contribution in [3.63, 3.8) is 0 Å². The van der Waals surface area contributed by atoms with E-state index in [1.54, 1.807) is 0 Å². The van der Waals surface area contributed by atoms with Crippen molar-refractivity contribution in [3.8, 4) is 11.3 Å². The van der Waals surface area contributed by atoms with Crippen LogP contribution in [0.25, 0.3) is 33.1 Å². The van der Waals surface area contributed by atoms with E-state index < -0.39 is 0 Å². The molecule has 1 amide bonds. The SMILES string of the molecule is CCCC(CCC)c1c2n(c3cc(C(=O)OC)ccc13)CCCn1cc(C(=O)N3CCCC3)c3cccc-2c31. The minimum Gasteiger partial charge on any atom is -0.465 e. The van der Waals surface area contributed by atoms with E-state index in [-0.39, 0.29) is 11.9 Å². The molecular formula is C33H39N3O3. The van der Waals surface area contributed by atoms with Crippen LogP contribution in [0.4, 0.5) is 0 Å². The number of nitrogens with zero attached hydrogens (tertiary/aromatic N) is 3. The van der Waals surface area contributed by atoms with Crippen LogP contribution in [0.1, 0.15) is 91.0 Å². The van der Waals surface area contributed by atoms with Crippen LogP contribution in [0.3, 0.4) is 0 Å². The molecule has 4 aromatic rings. The monoisotopic (exact) mass is 525 g/mol. The fourth-order valence-corrected chi connectivity index (χ4v) is 7.07. The Bertz CT molecular complexity index is 1550. The predicted molar refractivity (Wildman–Crippen MR) is 157 cm³/mol. The molecule has 2 aromatic heterocycles. The van der Waals surface area contributed by atoms with Crippen LogP contribution in [0.2, 0.25) is 0 Å². The average molecular weight is 526 g/mol. The molecule has 1 fully saturated rings. The third-order valence-corrected chi connectivity index (χ3v) is 8.77. The maximum atomic E-state index is 13.6. The lowest BCUT2D eigenvalue weighted by Gasteiger charge is -2.22. The summed E-state index contributed by atoms with van der Waals surface area (Å²) in [6.45, 7) is 7.93. The first-order chi connectivity index (χ1) is 19.1. The van der Waals surface area contributed by atoms with Crippen molar-refractivity contribution in [3.05, 3.63) is 59.3 Å². The van der Waals surface area contributed by atoms with Crippen LogP contribution in [0, 0.1) is 0 Å². The molecule has 0 bridgehead atoms. The molecule has 6 nitrogen and oxygen atoms in total. The van der Waals surface area contributed by atoms with E-state index in [4.69, 9.17) is 4.74 Å². The van der Waals surface area contributed by atoms with E-state index in [0.717, 1.165) is 93.1 Å². The highest BCUT2D eigenvalue weighted by atomic mass is 16.5. The van der Waals surface area contributed by atoms with Crippen molar-refractivity contribution in [1.82, 2.24) is 14.0 Å². The first-order valence-electron chi connectivity index (χ1n) is 14.7.